The number of halogens is 1. The van der Waals surface area contributed by atoms with Crippen LogP contribution < -0.4 is 9.64 Å². The number of carbonyl (C=O) groups excluding carboxylic acids is 1. The van der Waals surface area contributed by atoms with Gasteiger partial charge in [-0.1, -0.05) is 38.1 Å². The van der Waals surface area contributed by atoms with E-state index in [1.807, 2.05) is 48.5 Å². The second kappa shape index (κ2) is 8.74. The molecule has 0 aromatic heterocycles. The molecule has 1 amide bonds. The van der Waals surface area contributed by atoms with E-state index in [9.17, 15) is 4.79 Å². The molecule has 0 saturated heterocycles. The maximum atomic E-state index is 12.7. The molecular formula is C19H23ClN2O3. The quantitative estimate of drug-likeness (QED) is 0.763. The van der Waals surface area contributed by atoms with Crippen molar-refractivity contribution in [1.29, 1.82) is 0 Å². The summed E-state index contributed by atoms with van der Waals surface area (Å²) >= 11 is 0. The minimum Gasteiger partial charge on any atom is -0.453 e. The summed E-state index contributed by atoms with van der Waals surface area (Å²) in [6.07, 6.45) is -0.384. The maximum absolute atomic E-state index is 12.7. The molecule has 0 radical (unpaired) electrons. The Morgan fingerprint density at radius 1 is 1.00 bits per heavy atom. The van der Waals surface area contributed by atoms with Gasteiger partial charge < -0.3 is 14.4 Å². The van der Waals surface area contributed by atoms with Crippen molar-refractivity contribution in [3.63, 3.8) is 0 Å². The Bertz CT molecular complexity index is 674. The second-order valence-corrected chi connectivity index (χ2v) is 5.51. The number of hydrogen-bond acceptors (Lipinski definition) is 4. The second-order valence-electron chi connectivity index (χ2n) is 5.51. The smallest absolute Gasteiger partial charge is 0.419 e. The zero-order chi connectivity index (χ0) is 16.9. The van der Waals surface area contributed by atoms with Crippen molar-refractivity contribution in [3.8, 4) is 11.5 Å². The summed E-state index contributed by atoms with van der Waals surface area (Å²) in [7, 11) is 0. The van der Waals surface area contributed by atoms with Gasteiger partial charge in [0, 0.05) is 6.54 Å². The van der Waals surface area contributed by atoms with Gasteiger partial charge in [0.2, 0.25) is 0 Å². The van der Waals surface area contributed by atoms with Gasteiger partial charge in [-0.3, -0.25) is 0 Å². The summed E-state index contributed by atoms with van der Waals surface area (Å²) in [5.41, 5.74) is 1.40. The van der Waals surface area contributed by atoms with Crippen LogP contribution in [0, 0.1) is 0 Å². The molecule has 0 bridgehead atoms. The number of para-hydroxylation sites is 4. The van der Waals surface area contributed by atoms with Gasteiger partial charge in [0.25, 0.3) is 0 Å². The van der Waals surface area contributed by atoms with Gasteiger partial charge in [-0.05, 0) is 37.4 Å². The summed E-state index contributed by atoms with van der Waals surface area (Å²) in [5, 5.41) is 0. The molecule has 0 atom stereocenters. The fourth-order valence-corrected chi connectivity index (χ4v) is 2.77. The number of amides is 1. The lowest BCUT2D eigenvalue weighted by atomic mass is 10.2. The average Bonchev–Trinajstić information content (AvgIpc) is 2.63. The predicted octanol–water partition coefficient (Wildman–Crippen LogP) is 4.83. The normalized spacial score (nSPS) is 11.9. The standard InChI is InChI=1S/C19H22N2O3.ClH/c1-3-20(4-2)13-14-23-19(22)21-15-9-5-7-11-17(15)24-18-12-8-6-10-16(18)21;/h5-12H,3-4,13-14H2,1-2H3;1H. The Labute approximate surface area is 154 Å². The number of nitrogens with zero attached hydrogens (tertiary/aromatic N) is 2. The van der Waals surface area contributed by atoms with Crippen LogP contribution in [0.15, 0.2) is 48.5 Å². The highest BCUT2D eigenvalue weighted by Gasteiger charge is 2.29. The average molecular weight is 363 g/mol. The van der Waals surface area contributed by atoms with Crippen molar-refractivity contribution in [2.75, 3.05) is 31.1 Å². The van der Waals surface area contributed by atoms with E-state index in [0.29, 0.717) is 29.5 Å². The number of anilines is 2. The van der Waals surface area contributed by atoms with E-state index >= 15 is 0 Å². The first-order valence-electron chi connectivity index (χ1n) is 8.29. The molecule has 1 aliphatic rings. The van der Waals surface area contributed by atoms with Crippen LogP contribution in [0.1, 0.15) is 13.8 Å². The van der Waals surface area contributed by atoms with Crippen LogP contribution in [-0.4, -0.2) is 37.2 Å². The van der Waals surface area contributed by atoms with Crippen LogP contribution in [0.25, 0.3) is 0 Å². The summed E-state index contributed by atoms with van der Waals surface area (Å²) in [6.45, 7) is 7.17. The molecule has 134 valence electrons. The summed E-state index contributed by atoms with van der Waals surface area (Å²) in [5.74, 6) is 1.30. The SMILES string of the molecule is CCN(CC)CCOC(=O)N1c2ccccc2Oc2ccccc21.Cl. The predicted molar refractivity (Wildman–Crippen MR) is 101 cm³/mol. The van der Waals surface area contributed by atoms with Crippen LogP contribution >= 0.6 is 12.4 Å². The Morgan fingerprint density at radius 2 is 1.52 bits per heavy atom. The fourth-order valence-electron chi connectivity index (χ4n) is 2.77. The highest BCUT2D eigenvalue weighted by Crippen LogP contribution is 2.46. The molecule has 0 aliphatic carbocycles. The molecule has 0 spiro atoms. The fraction of sp³-hybridized carbons (Fsp3) is 0.316. The van der Waals surface area contributed by atoms with Gasteiger partial charge in [-0.2, -0.15) is 0 Å². The lowest BCUT2D eigenvalue weighted by Gasteiger charge is -2.30. The molecule has 0 fully saturated rings. The number of hydrogen-bond donors (Lipinski definition) is 0. The Balaban J connectivity index is 0.00000225. The van der Waals surface area contributed by atoms with Crippen molar-refractivity contribution < 1.29 is 14.3 Å². The molecule has 2 aromatic rings. The monoisotopic (exact) mass is 362 g/mol. The van der Waals surface area contributed by atoms with Gasteiger partial charge in [-0.15, -0.1) is 12.4 Å². The van der Waals surface area contributed by atoms with E-state index in [1.54, 1.807) is 4.90 Å². The Hall–Kier alpha value is -2.24. The van der Waals surface area contributed by atoms with Gasteiger partial charge in [0.1, 0.15) is 6.61 Å². The number of fused-ring (bicyclic) bond motifs is 2. The van der Waals surface area contributed by atoms with Crippen LogP contribution in [-0.2, 0) is 4.74 Å². The first-order chi connectivity index (χ1) is 11.7. The lowest BCUT2D eigenvalue weighted by Crippen LogP contribution is -2.33. The number of carbonyl (C=O) groups is 1. The van der Waals surface area contributed by atoms with E-state index in [1.165, 1.54) is 0 Å². The number of benzene rings is 2. The first kappa shape index (κ1) is 19.1. The van der Waals surface area contributed by atoms with Gasteiger partial charge in [0.05, 0.1) is 11.4 Å². The van der Waals surface area contributed by atoms with Crippen molar-refractivity contribution in [3.05, 3.63) is 48.5 Å². The summed E-state index contributed by atoms with van der Waals surface area (Å²) in [4.78, 5) is 16.5. The van der Waals surface area contributed by atoms with Crippen LogP contribution in [0.3, 0.4) is 0 Å². The molecule has 1 aliphatic heterocycles. The van der Waals surface area contributed by atoms with Crippen LogP contribution in [0.5, 0.6) is 11.5 Å². The molecule has 5 nitrogen and oxygen atoms in total. The highest BCUT2D eigenvalue weighted by molar-refractivity contribution is 6.00. The molecular weight excluding hydrogens is 340 g/mol. The minimum atomic E-state index is -0.384. The van der Waals surface area contributed by atoms with Crippen LogP contribution in [0.2, 0.25) is 0 Å². The van der Waals surface area contributed by atoms with Gasteiger partial charge >= 0.3 is 6.09 Å². The number of ether oxygens (including phenoxy) is 2. The van der Waals surface area contributed by atoms with Crippen molar-refractivity contribution in [1.82, 2.24) is 4.90 Å². The van der Waals surface area contributed by atoms with Crippen molar-refractivity contribution in [2.45, 2.75) is 13.8 Å². The molecule has 25 heavy (non-hydrogen) atoms. The summed E-state index contributed by atoms with van der Waals surface area (Å²) < 4.78 is 11.4. The van der Waals surface area contributed by atoms with E-state index in [2.05, 4.69) is 18.7 Å². The van der Waals surface area contributed by atoms with E-state index in [-0.39, 0.29) is 18.5 Å². The zero-order valence-corrected chi connectivity index (χ0v) is 15.3. The largest absolute Gasteiger partial charge is 0.453 e. The molecule has 0 saturated carbocycles. The Morgan fingerprint density at radius 3 is 2.04 bits per heavy atom. The molecule has 6 heteroatoms. The van der Waals surface area contributed by atoms with E-state index in [0.717, 1.165) is 19.6 Å². The highest BCUT2D eigenvalue weighted by atomic mass is 35.5. The number of rotatable bonds is 5. The van der Waals surface area contributed by atoms with Gasteiger partial charge in [0.15, 0.2) is 11.5 Å². The maximum Gasteiger partial charge on any atom is 0.419 e. The molecule has 1 heterocycles. The van der Waals surface area contributed by atoms with Crippen LogP contribution in [0.4, 0.5) is 16.2 Å². The van der Waals surface area contributed by atoms with E-state index in [4.69, 9.17) is 9.47 Å². The van der Waals surface area contributed by atoms with Crippen molar-refractivity contribution in [2.24, 2.45) is 0 Å². The van der Waals surface area contributed by atoms with Crippen molar-refractivity contribution >= 4 is 29.9 Å². The lowest BCUT2D eigenvalue weighted by molar-refractivity contribution is 0.138. The third kappa shape index (κ3) is 4.06. The zero-order valence-electron chi connectivity index (χ0n) is 14.5. The number of likely N-dealkylation sites (N-methyl/N-ethyl adjacent to an activating group) is 1. The summed E-state index contributed by atoms with van der Waals surface area (Å²) in [6, 6.07) is 14.9. The van der Waals surface area contributed by atoms with Gasteiger partial charge in [-0.25, -0.2) is 9.69 Å². The molecule has 0 unspecified atom stereocenters. The molecule has 0 N–H and O–H groups in total. The molecule has 3 rings (SSSR count). The third-order valence-corrected chi connectivity index (χ3v) is 4.14. The molecule has 2 aromatic carbocycles. The Kier molecular flexibility index (Phi) is 6.67. The minimum absolute atomic E-state index is 0. The van der Waals surface area contributed by atoms with E-state index < -0.39 is 0 Å². The first-order valence-corrected chi connectivity index (χ1v) is 8.29. The third-order valence-electron chi connectivity index (χ3n) is 4.14. The topological polar surface area (TPSA) is 42.0 Å².